The third-order valence-electron chi connectivity index (χ3n) is 3.53. The number of nitrogens with two attached hydrogens (primary N) is 1. The van der Waals surface area contributed by atoms with Gasteiger partial charge in [-0.2, -0.15) is 5.10 Å². The first kappa shape index (κ1) is 13.7. The second-order valence-electron chi connectivity index (χ2n) is 5.70. The summed E-state index contributed by atoms with van der Waals surface area (Å²) in [5.74, 6) is 1.65. The number of aromatic nitrogens is 2. The molecule has 0 fully saturated rings. The maximum absolute atomic E-state index is 6.17. The molecule has 0 radical (unpaired) electrons. The Labute approximate surface area is 115 Å². The lowest BCUT2D eigenvalue weighted by atomic mass is 9.96. The predicted octanol–water partition coefficient (Wildman–Crippen LogP) is 3.92. The van der Waals surface area contributed by atoms with E-state index in [2.05, 4.69) is 57.1 Å². The summed E-state index contributed by atoms with van der Waals surface area (Å²) in [5, 5.41) is 4.54. The number of nitrogen functional groups attached to an aromatic ring is 1. The number of hydrogen-bond acceptors (Lipinski definition) is 2. The Bertz CT molecular complexity index is 562. The van der Waals surface area contributed by atoms with E-state index in [0.29, 0.717) is 11.8 Å². The van der Waals surface area contributed by atoms with Gasteiger partial charge in [0.1, 0.15) is 5.82 Å². The number of benzene rings is 1. The van der Waals surface area contributed by atoms with Gasteiger partial charge in [-0.05, 0) is 23.0 Å². The van der Waals surface area contributed by atoms with Crippen LogP contribution in [0.1, 0.15) is 50.8 Å². The van der Waals surface area contributed by atoms with Gasteiger partial charge in [-0.15, -0.1) is 0 Å². The van der Waals surface area contributed by atoms with Gasteiger partial charge < -0.3 is 5.73 Å². The van der Waals surface area contributed by atoms with Crippen LogP contribution >= 0.6 is 0 Å². The molecule has 3 nitrogen and oxygen atoms in total. The van der Waals surface area contributed by atoms with Crippen LogP contribution in [0.4, 0.5) is 5.82 Å². The van der Waals surface area contributed by atoms with Crippen LogP contribution in [0.25, 0.3) is 11.1 Å². The number of hydrogen-bond donors (Lipinski definition) is 1. The first-order valence-corrected chi connectivity index (χ1v) is 6.84. The van der Waals surface area contributed by atoms with Gasteiger partial charge in [0, 0.05) is 12.6 Å². The zero-order valence-electron chi connectivity index (χ0n) is 12.4. The Morgan fingerprint density at radius 2 is 1.58 bits per heavy atom. The van der Waals surface area contributed by atoms with E-state index in [1.54, 1.807) is 4.68 Å². The van der Waals surface area contributed by atoms with Crippen LogP contribution < -0.4 is 5.73 Å². The minimum Gasteiger partial charge on any atom is -0.383 e. The molecule has 0 aliphatic carbocycles. The molecule has 1 aromatic carbocycles. The minimum absolute atomic E-state index is 0.364. The molecule has 2 aromatic rings. The molecule has 0 bridgehead atoms. The van der Waals surface area contributed by atoms with Crippen molar-refractivity contribution in [3.63, 3.8) is 0 Å². The molecule has 0 atom stereocenters. The van der Waals surface area contributed by atoms with Gasteiger partial charge in [-0.1, -0.05) is 52.0 Å². The zero-order valence-corrected chi connectivity index (χ0v) is 12.4. The number of aryl methyl sites for hydroxylation is 1. The molecule has 0 spiro atoms. The Kier molecular flexibility index (Phi) is 3.65. The second-order valence-corrected chi connectivity index (χ2v) is 5.70. The van der Waals surface area contributed by atoms with Crippen LogP contribution in [0, 0.1) is 0 Å². The summed E-state index contributed by atoms with van der Waals surface area (Å²) >= 11 is 0. The van der Waals surface area contributed by atoms with Crippen LogP contribution in [-0.4, -0.2) is 9.78 Å². The van der Waals surface area contributed by atoms with Crippen molar-refractivity contribution in [3.8, 4) is 11.1 Å². The number of rotatable bonds is 3. The summed E-state index contributed by atoms with van der Waals surface area (Å²) in [4.78, 5) is 0. The Balaban J connectivity index is 2.52. The van der Waals surface area contributed by atoms with Crippen molar-refractivity contribution in [2.45, 2.75) is 39.5 Å². The molecule has 3 heteroatoms. The molecule has 0 unspecified atom stereocenters. The molecular weight excluding hydrogens is 234 g/mol. The average molecular weight is 257 g/mol. The van der Waals surface area contributed by atoms with E-state index in [1.165, 1.54) is 5.56 Å². The lowest BCUT2D eigenvalue weighted by Crippen LogP contribution is -1.98. The van der Waals surface area contributed by atoms with E-state index in [-0.39, 0.29) is 0 Å². The van der Waals surface area contributed by atoms with E-state index < -0.39 is 0 Å². The maximum Gasteiger partial charge on any atom is 0.129 e. The molecule has 0 saturated carbocycles. The van der Waals surface area contributed by atoms with E-state index in [4.69, 9.17) is 5.73 Å². The van der Waals surface area contributed by atoms with E-state index >= 15 is 0 Å². The first-order chi connectivity index (χ1) is 8.91. The summed E-state index contributed by atoms with van der Waals surface area (Å²) in [6.45, 7) is 8.70. The van der Waals surface area contributed by atoms with E-state index in [9.17, 15) is 0 Å². The van der Waals surface area contributed by atoms with Crippen molar-refractivity contribution < 1.29 is 0 Å². The Morgan fingerprint density at radius 3 is 2.05 bits per heavy atom. The highest BCUT2D eigenvalue weighted by molar-refractivity contribution is 5.77. The summed E-state index contributed by atoms with van der Waals surface area (Å²) < 4.78 is 1.76. The maximum atomic E-state index is 6.17. The fraction of sp³-hybridized carbons (Fsp3) is 0.438. The molecule has 2 rings (SSSR count). The van der Waals surface area contributed by atoms with E-state index in [0.717, 1.165) is 22.6 Å². The first-order valence-electron chi connectivity index (χ1n) is 6.84. The van der Waals surface area contributed by atoms with E-state index in [1.807, 2.05) is 7.05 Å². The molecule has 0 aliphatic heterocycles. The monoisotopic (exact) mass is 257 g/mol. The standard InChI is InChI=1S/C16H23N3/c1-10(2)12-6-8-13(9-7-12)14-15(11(3)4)18-19(5)16(14)17/h6-11H,17H2,1-5H3. The van der Waals surface area contributed by atoms with Gasteiger partial charge in [0.2, 0.25) is 0 Å². The fourth-order valence-corrected chi connectivity index (χ4v) is 2.29. The van der Waals surface area contributed by atoms with Crippen molar-refractivity contribution in [3.05, 3.63) is 35.5 Å². The van der Waals surface area contributed by atoms with Gasteiger partial charge >= 0.3 is 0 Å². The van der Waals surface area contributed by atoms with Gasteiger partial charge in [-0.3, -0.25) is 4.68 Å². The topological polar surface area (TPSA) is 43.8 Å². The molecule has 0 saturated heterocycles. The quantitative estimate of drug-likeness (QED) is 0.905. The average Bonchev–Trinajstić information content (AvgIpc) is 2.66. The van der Waals surface area contributed by atoms with Crippen molar-refractivity contribution >= 4 is 5.82 Å². The molecule has 102 valence electrons. The minimum atomic E-state index is 0.364. The Hall–Kier alpha value is -1.77. The SMILES string of the molecule is CC(C)c1ccc(-c2c(C(C)C)nn(C)c2N)cc1. The van der Waals surface area contributed by atoms with Crippen molar-refractivity contribution in [2.75, 3.05) is 5.73 Å². The fourth-order valence-electron chi connectivity index (χ4n) is 2.29. The smallest absolute Gasteiger partial charge is 0.129 e. The number of nitrogens with zero attached hydrogens (tertiary/aromatic N) is 2. The molecule has 2 N–H and O–H groups in total. The highest BCUT2D eigenvalue weighted by atomic mass is 15.3. The number of anilines is 1. The van der Waals surface area contributed by atoms with Crippen LogP contribution in [0.5, 0.6) is 0 Å². The largest absolute Gasteiger partial charge is 0.383 e. The third kappa shape index (κ3) is 2.50. The third-order valence-corrected chi connectivity index (χ3v) is 3.53. The second kappa shape index (κ2) is 5.08. The summed E-state index contributed by atoms with van der Waals surface area (Å²) in [7, 11) is 1.90. The molecule has 1 heterocycles. The van der Waals surface area contributed by atoms with Crippen molar-refractivity contribution in [2.24, 2.45) is 7.05 Å². The molecule has 19 heavy (non-hydrogen) atoms. The molecule has 0 aliphatic rings. The molecule has 0 amide bonds. The zero-order chi connectivity index (χ0) is 14.2. The predicted molar refractivity (Wildman–Crippen MR) is 81.2 cm³/mol. The normalized spacial score (nSPS) is 11.5. The van der Waals surface area contributed by atoms with Crippen LogP contribution in [0.2, 0.25) is 0 Å². The van der Waals surface area contributed by atoms with Gasteiger partial charge in [0.25, 0.3) is 0 Å². The summed E-state index contributed by atoms with van der Waals surface area (Å²) in [6, 6.07) is 8.65. The van der Waals surface area contributed by atoms with Gasteiger partial charge in [0.15, 0.2) is 0 Å². The lowest BCUT2D eigenvalue weighted by Gasteiger charge is -2.09. The van der Waals surface area contributed by atoms with Crippen LogP contribution in [-0.2, 0) is 7.05 Å². The van der Waals surface area contributed by atoms with Gasteiger partial charge in [-0.25, -0.2) is 0 Å². The lowest BCUT2D eigenvalue weighted by molar-refractivity contribution is 0.719. The summed E-state index contributed by atoms with van der Waals surface area (Å²) in [5.41, 5.74) is 10.8. The van der Waals surface area contributed by atoms with Gasteiger partial charge in [0.05, 0.1) is 5.69 Å². The van der Waals surface area contributed by atoms with Crippen LogP contribution in [0.15, 0.2) is 24.3 Å². The van der Waals surface area contributed by atoms with Crippen molar-refractivity contribution in [1.29, 1.82) is 0 Å². The Morgan fingerprint density at radius 1 is 1.00 bits per heavy atom. The highest BCUT2D eigenvalue weighted by Crippen LogP contribution is 2.34. The molecular formula is C16H23N3. The highest BCUT2D eigenvalue weighted by Gasteiger charge is 2.18. The molecule has 1 aromatic heterocycles. The van der Waals surface area contributed by atoms with Crippen molar-refractivity contribution in [1.82, 2.24) is 9.78 Å². The summed E-state index contributed by atoms with van der Waals surface area (Å²) in [6.07, 6.45) is 0. The van der Waals surface area contributed by atoms with Crippen LogP contribution in [0.3, 0.4) is 0 Å².